The summed E-state index contributed by atoms with van der Waals surface area (Å²) in [5, 5.41) is 13.9. The predicted octanol–water partition coefficient (Wildman–Crippen LogP) is 2.65. The van der Waals surface area contributed by atoms with Crippen LogP contribution in [0.25, 0.3) is 0 Å². The lowest BCUT2D eigenvalue weighted by molar-refractivity contribution is 0.0689. The van der Waals surface area contributed by atoms with Gasteiger partial charge in [0.25, 0.3) is 0 Å². The number of carbonyl (C=O) groups excluding carboxylic acids is 1. The van der Waals surface area contributed by atoms with Crippen LogP contribution in [0.2, 0.25) is 0 Å². The number of alkyl carbamates (subject to hydrolysis) is 1. The third-order valence-corrected chi connectivity index (χ3v) is 7.12. The van der Waals surface area contributed by atoms with Gasteiger partial charge in [0, 0.05) is 19.4 Å². The molecule has 0 aromatic heterocycles. The Kier molecular flexibility index (Phi) is 9.46. The number of amides is 1. The van der Waals surface area contributed by atoms with Gasteiger partial charge in [0.2, 0.25) is 10.0 Å². The zero-order chi connectivity index (χ0) is 24.6. The van der Waals surface area contributed by atoms with E-state index in [2.05, 4.69) is 10.0 Å². The van der Waals surface area contributed by atoms with Gasteiger partial charge in [-0.2, -0.15) is 0 Å². The molecule has 1 heterocycles. The van der Waals surface area contributed by atoms with E-state index in [1.165, 1.54) is 6.07 Å². The van der Waals surface area contributed by atoms with Gasteiger partial charge in [0.05, 0.1) is 30.3 Å². The molecule has 186 valence electrons. The van der Waals surface area contributed by atoms with Crippen LogP contribution in [0.1, 0.15) is 31.4 Å². The van der Waals surface area contributed by atoms with Gasteiger partial charge in [0.1, 0.15) is 6.10 Å². The van der Waals surface area contributed by atoms with E-state index < -0.39 is 28.3 Å². The van der Waals surface area contributed by atoms with Gasteiger partial charge in [-0.05, 0) is 29.5 Å². The molecule has 1 aliphatic rings. The van der Waals surface area contributed by atoms with E-state index in [9.17, 15) is 18.3 Å². The lowest BCUT2D eigenvalue weighted by Crippen LogP contribution is -2.47. The molecule has 0 aliphatic carbocycles. The van der Waals surface area contributed by atoms with Crippen LogP contribution in [0, 0.1) is 5.92 Å². The Morgan fingerprint density at radius 2 is 1.82 bits per heavy atom. The van der Waals surface area contributed by atoms with Crippen molar-refractivity contribution in [1.29, 1.82) is 0 Å². The van der Waals surface area contributed by atoms with Gasteiger partial charge in [0.15, 0.2) is 0 Å². The highest BCUT2D eigenvalue weighted by Crippen LogP contribution is 2.20. The quantitative estimate of drug-likeness (QED) is 0.446. The lowest BCUT2D eigenvalue weighted by atomic mass is 9.96. The zero-order valence-electron chi connectivity index (χ0n) is 19.6. The maximum atomic E-state index is 12.9. The summed E-state index contributed by atoms with van der Waals surface area (Å²) in [6.45, 7) is 5.07. The van der Waals surface area contributed by atoms with Crippen molar-refractivity contribution in [2.45, 2.75) is 56.3 Å². The molecule has 0 radical (unpaired) electrons. The Morgan fingerprint density at radius 3 is 2.50 bits per heavy atom. The van der Waals surface area contributed by atoms with Gasteiger partial charge in [-0.1, -0.05) is 62.4 Å². The fraction of sp³-hybridized carbons (Fsp3) is 0.480. The second-order valence-electron chi connectivity index (χ2n) is 8.96. The number of aliphatic hydroxyl groups excluding tert-OH is 1. The summed E-state index contributed by atoms with van der Waals surface area (Å²) in [5.41, 5.74) is 1.40. The lowest BCUT2D eigenvalue weighted by Gasteiger charge is -2.25. The molecule has 1 amide bonds. The molecule has 9 heteroatoms. The molecule has 2 aromatic carbocycles. The fourth-order valence-corrected chi connectivity index (χ4v) is 5.21. The molecule has 8 nitrogen and oxygen atoms in total. The van der Waals surface area contributed by atoms with E-state index >= 15 is 0 Å². The number of ether oxygens (including phenoxy) is 2. The largest absolute Gasteiger partial charge is 0.444 e. The summed E-state index contributed by atoms with van der Waals surface area (Å²) >= 11 is 0. The summed E-state index contributed by atoms with van der Waals surface area (Å²) in [5.74, 6) is 0.156. The van der Waals surface area contributed by atoms with Crippen LogP contribution in [0.5, 0.6) is 0 Å². The van der Waals surface area contributed by atoms with E-state index in [1.54, 1.807) is 18.2 Å². The monoisotopic (exact) mass is 490 g/mol. The Labute approximate surface area is 201 Å². The highest BCUT2D eigenvalue weighted by atomic mass is 32.2. The summed E-state index contributed by atoms with van der Waals surface area (Å²) in [6, 6.07) is 15.4. The van der Waals surface area contributed by atoms with E-state index in [0.717, 1.165) is 5.56 Å². The molecule has 3 rings (SSSR count). The van der Waals surface area contributed by atoms with Crippen molar-refractivity contribution < 1.29 is 27.8 Å². The fourth-order valence-electron chi connectivity index (χ4n) is 3.75. The van der Waals surface area contributed by atoms with Gasteiger partial charge >= 0.3 is 6.09 Å². The van der Waals surface area contributed by atoms with Crippen LogP contribution >= 0.6 is 0 Å². The van der Waals surface area contributed by atoms with Crippen LogP contribution in [0.3, 0.4) is 0 Å². The first-order chi connectivity index (χ1) is 16.2. The van der Waals surface area contributed by atoms with E-state index in [1.807, 2.05) is 44.2 Å². The van der Waals surface area contributed by atoms with E-state index in [0.29, 0.717) is 38.2 Å². The number of nitrogens with one attached hydrogen (secondary N) is 2. The maximum absolute atomic E-state index is 12.9. The minimum atomic E-state index is -3.74. The number of rotatable bonds is 11. The second-order valence-corrected chi connectivity index (χ2v) is 10.7. The smallest absolute Gasteiger partial charge is 0.407 e. The van der Waals surface area contributed by atoms with E-state index in [4.69, 9.17) is 9.47 Å². The first-order valence-electron chi connectivity index (χ1n) is 11.6. The third kappa shape index (κ3) is 7.80. The Bertz CT molecular complexity index is 1020. The van der Waals surface area contributed by atoms with Gasteiger partial charge in [-0.25, -0.2) is 17.9 Å². The molecular weight excluding hydrogens is 456 g/mol. The van der Waals surface area contributed by atoms with Gasteiger partial charge in [-0.3, -0.25) is 0 Å². The normalized spacial score (nSPS) is 17.9. The molecule has 2 unspecified atom stereocenters. The molecule has 3 N–H and O–H groups in total. The van der Waals surface area contributed by atoms with Crippen LogP contribution in [0.15, 0.2) is 59.5 Å². The van der Waals surface area contributed by atoms with Crippen molar-refractivity contribution in [3.63, 3.8) is 0 Å². The summed E-state index contributed by atoms with van der Waals surface area (Å²) in [4.78, 5) is 12.6. The highest BCUT2D eigenvalue weighted by molar-refractivity contribution is 7.89. The maximum Gasteiger partial charge on any atom is 0.407 e. The molecule has 1 saturated heterocycles. The molecule has 3 atom stereocenters. The van der Waals surface area contributed by atoms with Crippen LogP contribution in [-0.4, -0.2) is 57.6 Å². The van der Waals surface area contributed by atoms with Crippen LogP contribution in [0.4, 0.5) is 4.79 Å². The predicted molar refractivity (Wildman–Crippen MR) is 129 cm³/mol. The summed E-state index contributed by atoms with van der Waals surface area (Å²) in [7, 11) is -3.74. The van der Waals surface area contributed by atoms with E-state index in [-0.39, 0.29) is 23.3 Å². The second kappa shape index (κ2) is 12.3. The molecule has 1 fully saturated rings. The average Bonchev–Trinajstić information content (AvgIpc) is 3.31. The number of carbonyl (C=O) groups is 1. The standard InChI is InChI=1S/C25H34N2O6S/c1-18(2)16-26-34(30,31)24-11-7-6-10-20(24)15-23(28)22(14-19-8-4-3-5-9-19)27-25(29)33-21-12-13-32-17-21/h3-11,18,21-23,26,28H,12-17H2,1-2H3,(H,27,29)/t21-,22?,23?/m1/s1. The minimum absolute atomic E-state index is 0.0447. The SMILES string of the molecule is CC(C)CNS(=O)(=O)c1ccccc1CC(O)C(Cc1ccccc1)NC(=O)O[C@@H]1CCOC1. The van der Waals surface area contributed by atoms with Crippen molar-refractivity contribution in [3.05, 3.63) is 65.7 Å². The average molecular weight is 491 g/mol. The Balaban J connectivity index is 1.77. The number of hydrogen-bond acceptors (Lipinski definition) is 6. The Morgan fingerprint density at radius 1 is 1.12 bits per heavy atom. The molecule has 2 aromatic rings. The first-order valence-corrected chi connectivity index (χ1v) is 13.1. The van der Waals surface area contributed by atoms with Crippen molar-refractivity contribution in [1.82, 2.24) is 10.0 Å². The van der Waals surface area contributed by atoms with Crippen LogP contribution < -0.4 is 10.0 Å². The molecule has 0 spiro atoms. The number of hydrogen-bond donors (Lipinski definition) is 3. The summed E-state index contributed by atoms with van der Waals surface area (Å²) in [6.07, 6.45) is -0.952. The highest BCUT2D eigenvalue weighted by Gasteiger charge is 2.28. The molecule has 1 aliphatic heterocycles. The topological polar surface area (TPSA) is 114 Å². The molecular formula is C25H34N2O6S. The molecule has 34 heavy (non-hydrogen) atoms. The molecule has 0 bridgehead atoms. The van der Waals surface area contributed by atoms with Gasteiger partial charge < -0.3 is 19.9 Å². The first kappa shape index (κ1) is 26.2. The molecule has 0 saturated carbocycles. The third-order valence-electron chi connectivity index (χ3n) is 5.60. The summed E-state index contributed by atoms with van der Waals surface area (Å²) < 4.78 is 39.0. The number of sulfonamides is 1. The Hall–Kier alpha value is -2.46. The minimum Gasteiger partial charge on any atom is -0.444 e. The van der Waals surface area contributed by atoms with Gasteiger partial charge in [-0.15, -0.1) is 0 Å². The van der Waals surface area contributed by atoms with Crippen molar-refractivity contribution >= 4 is 16.1 Å². The number of benzene rings is 2. The number of aliphatic hydroxyl groups is 1. The van der Waals surface area contributed by atoms with Crippen molar-refractivity contribution in [2.24, 2.45) is 5.92 Å². The van der Waals surface area contributed by atoms with Crippen molar-refractivity contribution in [2.75, 3.05) is 19.8 Å². The van der Waals surface area contributed by atoms with Crippen molar-refractivity contribution in [3.8, 4) is 0 Å². The van der Waals surface area contributed by atoms with Crippen LogP contribution in [-0.2, 0) is 32.3 Å². The zero-order valence-corrected chi connectivity index (χ0v) is 20.5.